The first-order chi connectivity index (χ1) is 13.6. The van der Waals surface area contributed by atoms with E-state index in [2.05, 4.69) is 0 Å². The molecule has 7 heteroatoms. The molecule has 2 aromatic rings. The van der Waals surface area contributed by atoms with Gasteiger partial charge in [0.1, 0.15) is 29.9 Å². The third-order valence-corrected chi connectivity index (χ3v) is 6.95. The zero-order valence-electron chi connectivity index (χ0n) is 15.2. The lowest BCUT2D eigenvalue weighted by Crippen LogP contribution is -2.46. The van der Waals surface area contributed by atoms with Crippen molar-refractivity contribution in [2.24, 2.45) is 0 Å². The van der Waals surface area contributed by atoms with Gasteiger partial charge in [-0.15, -0.1) is 11.8 Å². The van der Waals surface area contributed by atoms with E-state index in [1.54, 1.807) is 28.8 Å². The minimum atomic E-state index is -0.569. The van der Waals surface area contributed by atoms with E-state index in [9.17, 15) is 9.59 Å². The third-order valence-electron chi connectivity index (χ3n) is 5.05. The number of rotatable bonds is 6. The Morgan fingerprint density at radius 2 is 1.89 bits per heavy atom. The van der Waals surface area contributed by atoms with E-state index in [0.29, 0.717) is 29.4 Å². The summed E-state index contributed by atoms with van der Waals surface area (Å²) < 4.78 is 11.0. The maximum absolute atomic E-state index is 12.7. The van der Waals surface area contributed by atoms with Gasteiger partial charge in [0.15, 0.2) is 0 Å². The first-order valence-corrected chi connectivity index (χ1v) is 10.5. The maximum Gasteiger partial charge on any atom is 0.329 e. The van der Waals surface area contributed by atoms with Crippen LogP contribution in [-0.2, 0) is 19.2 Å². The number of hydrogen-bond donors (Lipinski definition) is 0. The highest BCUT2D eigenvalue weighted by Gasteiger charge is 2.57. The van der Waals surface area contributed by atoms with E-state index >= 15 is 0 Å². The zero-order chi connectivity index (χ0) is 19.6. The quantitative estimate of drug-likeness (QED) is 0.527. The molecule has 2 atom stereocenters. The summed E-state index contributed by atoms with van der Waals surface area (Å²) in [7, 11) is 0. The first-order valence-electron chi connectivity index (χ1n) is 9.17. The molecule has 4 rings (SSSR count). The molecule has 0 unspecified atom stereocenters. The lowest BCUT2D eigenvalue weighted by atomic mass is 10.0. The van der Waals surface area contributed by atoms with E-state index in [1.807, 2.05) is 42.5 Å². The van der Waals surface area contributed by atoms with Crippen molar-refractivity contribution in [3.05, 3.63) is 65.2 Å². The Hall–Kier alpha value is -2.18. The van der Waals surface area contributed by atoms with Gasteiger partial charge in [-0.3, -0.25) is 4.79 Å². The zero-order valence-corrected chi connectivity index (χ0v) is 16.7. The molecule has 2 aliphatic rings. The minimum absolute atomic E-state index is 0.00289. The fourth-order valence-electron chi connectivity index (χ4n) is 3.77. The molecule has 0 spiro atoms. The van der Waals surface area contributed by atoms with Crippen LogP contribution in [-0.4, -0.2) is 41.8 Å². The van der Waals surface area contributed by atoms with Crippen molar-refractivity contribution < 1.29 is 19.1 Å². The number of fused-ring (bicyclic) bond motifs is 1. The molecule has 0 aromatic heterocycles. The number of thioether (sulfide) groups is 1. The molecule has 2 saturated heterocycles. The van der Waals surface area contributed by atoms with Crippen LogP contribution in [0.1, 0.15) is 18.4 Å². The lowest BCUT2D eigenvalue weighted by molar-refractivity contribution is -0.154. The van der Waals surface area contributed by atoms with E-state index in [0.717, 1.165) is 5.56 Å². The maximum atomic E-state index is 12.7. The number of esters is 1. The summed E-state index contributed by atoms with van der Waals surface area (Å²) in [4.78, 5) is 26.5. The predicted octanol–water partition coefficient (Wildman–Crippen LogP) is 3.85. The minimum Gasteiger partial charge on any atom is -0.488 e. The third kappa shape index (κ3) is 3.47. The lowest BCUT2D eigenvalue weighted by Gasteiger charge is -2.33. The molecule has 146 valence electrons. The van der Waals surface area contributed by atoms with Crippen molar-refractivity contribution in [2.75, 3.05) is 19.0 Å². The SMILES string of the molecule is O=C(OCCOc1ccccc1Cl)[C@@H]1CS[C@@]2(c3ccccc3)CCC(=O)N12. The number of benzene rings is 2. The van der Waals surface area contributed by atoms with Gasteiger partial charge in [0.05, 0.1) is 5.02 Å². The molecule has 2 fully saturated rings. The van der Waals surface area contributed by atoms with E-state index < -0.39 is 10.9 Å². The Morgan fingerprint density at radius 1 is 1.14 bits per heavy atom. The summed E-state index contributed by atoms with van der Waals surface area (Å²) in [5, 5.41) is 0.510. The van der Waals surface area contributed by atoms with Crippen molar-refractivity contribution in [3.63, 3.8) is 0 Å². The molecule has 0 bridgehead atoms. The number of nitrogens with zero attached hydrogens (tertiary/aromatic N) is 1. The number of carbonyl (C=O) groups excluding carboxylic acids is 2. The first kappa shape index (κ1) is 19.2. The Bertz CT molecular complexity index is 878. The van der Waals surface area contributed by atoms with Gasteiger partial charge in [0.25, 0.3) is 0 Å². The Balaban J connectivity index is 1.38. The number of hydrogen-bond acceptors (Lipinski definition) is 5. The van der Waals surface area contributed by atoms with Crippen LogP contribution in [0.4, 0.5) is 0 Å². The average molecular weight is 418 g/mol. The van der Waals surface area contributed by atoms with Crippen LogP contribution in [0.3, 0.4) is 0 Å². The summed E-state index contributed by atoms with van der Waals surface area (Å²) in [6, 6.07) is 16.5. The van der Waals surface area contributed by atoms with Crippen molar-refractivity contribution in [3.8, 4) is 5.75 Å². The molecule has 0 radical (unpaired) electrons. The molecular formula is C21H20ClNO4S. The number of amides is 1. The fraction of sp³-hybridized carbons (Fsp3) is 0.333. The molecule has 0 N–H and O–H groups in total. The van der Waals surface area contributed by atoms with Crippen molar-refractivity contribution in [2.45, 2.75) is 23.8 Å². The van der Waals surface area contributed by atoms with E-state index in [-0.39, 0.29) is 25.1 Å². The van der Waals surface area contributed by atoms with Gasteiger partial charge >= 0.3 is 5.97 Å². The molecule has 2 heterocycles. The van der Waals surface area contributed by atoms with E-state index in [4.69, 9.17) is 21.1 Å². The highest BCUT2D eigenvalue weighted by atomic mass is 35.5. The van der Waals surface area contributed by atoms with Crippen LogP contribution >= 0.6 is 23.4 Å². The van der Waals surface area contributed by atoms with Gasteiger partial charge in [0, 0.05) is 12.2 Å². The second-order valence-electron chi connectivity index (χ2n) is 6.69. The van der Waals surface area contributed by atoms with Crippen LogP contribution in [0.15, 0.2) is 54.6 Å². The highest BCUT2D eigenvalue weighted by molar-refractivity contribution is 8.00. The molecule has 1 amide bonds. The topological polar surface area (TPSA) is 55.8 Å². The van der Waals surface area contributed by atoms with Crippen LogP contribution in [0.5, 0.6) is 5.75 Å². The Morgan fingerprint density at radius 3 is 2.68 bits per heavy atom. The van der Waals surface area contributed by atoms with Crippen LogP contribution in [0.25, 0.3) is 0 Å². The highest BCUT2D eigenvalue weighted by Crippen LogP contribution is 2.54. The van der Waals surface area contributed by atoms with Crippen molar-refractivity contribution in [1.82, 2.24) is 4.90 Å². The molecular weight excluding hydrogens is 398 g/mol. The summed E-state index contributed by atoms with van der Waals surface area (Å²) in [6.45, 7) is 0.304. The monoisotopic (exact) mass is 417 g/mol. The summed E-state index contributed by atoms with van der Waals surface area (Å²) in [6.07, 6.45) is 1.15. The number of ether oxygens (including phenoxy) is 2. The summed E-state index contributed by atoms with van der Waals surface area (Å²) in [5.74, 6) is 0.700. The van der Waals surface area contributed by atoms with Gasteiger partial charge in [-0.05, 0) is 24.1 Å². The smallest absolute Gasteiger partial charge is 0.329 e. The largest absolute Gasteiger partial charge is 0.488 e. The van der Waals surface area contributed by atoms with Gasteiger partial charge in [-0.1, -0.05) is 54.1 Å². The van der Waals surface area contributed by atoms with Crippen LogP contribution in [0, 0.1) is 0 Å². The number of carbonyl (C=O) groups is 2. The normalized spacial score (nSPS) is 23.5. The molecule has 0 saturated carbocycles. The number of halogens is 1. The van der Waals surface area contributed by atoms with Crippen molar-refractivity contribution >= 4 is 35.2 Å². The fourth-order valence-corrected chi connectivity index (χ4v) is 5.59. The van der Waals surface area contributed by atoms with Crippen molar-refractivity contribution in [1.29, 1.82) is 0 Å². The molecule has 0 aliphatic carbocycles. The van der Waals surface area contributed by atoms with Gasteiger partial charge in [-0.2, -0.15) is 0 Å². The Labute approximate surface area is 172 Å². The molecule has 2 aromatic carbocycles. The average Bonchev–Trinajstić information content (AvgIpc) is 3.26. The van der Waals surface area contributed by atoms with E-state index in [1.165, 1.54) is 0 Å². The summed E-state index contributed by atoms with van der Waals surface area (Å²) >= 11 is 7.69. The van der Waals surface area contributed by atoms with Gasteiger partial charge < -0.3 is 14.4 Å². The van der Waals surface area contributed by atoms with Gasteiger partial charge in [-0.25, -0.2) is 4.79 Å². The standard InChI is InChI=1S/C21H20ClNO4S/c22-16-8-4-5-9-18(16)26-12-13-27-20(25)17-14-28-21(11-10-19(24)23(17)21)15-6-2-1-3-7-15/h1-9,17H,10-14H2/t17-,21+/m0/s1. The number of para-hydroxylation sites is 1. The predicted molar refractivity (Wildman–Crippen MR) is 108 cm³/mol. The van der Waals surface area contributed by atoms with Crippen LogP contribution < -0.4 is 4.74 Å². The molecule has 28 heavy (non-hydrogen) atoms. The summed E-state index contributed by atoms with van der Waals surface area (Å²) in [5.41, 5.74) is 1.06. The van der Waals surface area contributed by atoms with Gasteiger partial charge in [0.2, 0.25) is 5.91 Å². The second kappa shape index (κ2) is 8.05. The molecule has 2 aliphatic heterocycles. The van der Waals surface area contributed by atoms with Crippen LogP contribution in [0.2, 0.25) is 5.02 Å². The molecule has 5 nitrogen and oxygen atoms in total. The second-order valence-corrected chi connectivity index (χ2v) is 8.39. The Kier molecular flexibility index (Phi) is 5.51.